The van der Waals surface area contributed by atoms with Crippen molar-refractivity contribution in [3.63, 3.8) is 0 Å². The average molecular weight is 141 g/mol. The maximum Gasteiger partial charge on any atom is 0.0187 e. The fourth-order valence-electron chi connectivity index (χ4n) is 0.893. The van der Waals surface area contributed by atoms with Crippen molar-refractivity contribution in [1.82, 2.24) is 4.90 Å². The van der Waals surface area contributed by atoms with Crippen LogP contribution in [0, 0.1) is 0 Å². The van der Waals surface area contributed by atoms with Gasteiger partial charge < -0.3 is 0 Å². The number of hydrogen-bond acceptors (Lipinski definition) is 1. The molecular formula is C9H19N. The molecule has 0 saturated carbocycles. The molecular weight excluding hydrogens is 122 g/mol. The molecule has 0 N–H and O–H groups in total. The molecule has 1 atom stereocenters. The minimum atomic E-state index is 0.677. The molecule has 0 amide bonds. The summed E-state index contributed by atoms with van der Waals surface area (Å²) in [4.78, 5) is 2.32. The summed E-state index contributed by atoms with van der Waals surface area (Å²) >= 11 is 0. The Balaban J connectivity index is 3.61. The zero-order chi connectivity index (χ0) is 8.15. The van der Waals surface area contributed by atoms with E-state index < -0.39 is 0 Å². The Morgan fingerprint density at radius 2 is 2.10 bits per heavy atom. The Labute approximate surface area is 64.7 Å². The van der Waals surface area contributed by atoms with E-state index in [0.29, 0.717) is 6.04 Å². The second kappa shape index (κ2) is 4.51. The zero-order valence-corrected chi connectivity index (χ0v) is 7.65. The van der Waals surface area contributed by atoms with Crippen LogP contribution in [-0.2, 0) is 0 Å². The summed E-state index contributed by atoms with van der Waals surface area (Å²) in [7, 11) is 2.14. The van der Waals surface area contributed by atoms with Crippen LogP contribution in [0.1, 0.15) is 27.2 Å². The van der Waals surface area contributed by atoms with E-state index >= 15 is 0 Å². The molecule has 1 nitrogen and oxygen atoms in total. The molecule has 0 spiro atoms. The predicted octanol–water partition coefficient (Wildman–Crippen LogP) is 2.29. The van der Waals surface area contributed by atoms with Crippen LogP contribution in [0.25, 0.3) is 0 Å². The van der Waals surface area contributed by atoms with Crippen LogP contribution < -0.4 is 0 Å². The first-order valence-corrected chi connectivity index (χ1v) is 3.92. The van der Waals surface area contributed by atoms with Crippen LogP contribution in [0.3, 0.4) is 0 Å². The van der Waals surface area contributed by atoms with Gasteiger partial charge in [0.1, 0.15) is 0 Å². The van der Waals surface area contributed by atoms with Crippen LogP contribution >= 0.6 is 0 Å². The van der Waals surface area contributed by atoms with Crippen LogP contribution in [0.5, 0.6) is 0 Å². The van der Waals surface area contributed by atoms with Gasteiger partial charge in [0.25, 0.3) is 0 Å². The zero-order valence-electron chi connectivity index (χ0n) is 7.65. The van der Waals surface area contributed by atoms with Gasteiger partial charge in [-0.1, -0.05) is 19.1 Å². The van der Waals surface area contributed by atoms with Crippen molar-refractivity contribution in [2.24, 2.45) is 0 Å². The maximum absolute atomic E-state index is 3.87. The third-order valence-electron chi connectivity index (χ3n) is 1.86. The lowest BCUT2D eigenvalue weighted by atomic mass is 10.2. The summed E-state index contributed by atoms with van der Waals surface area (Å²) in [6.45, 7) is 11.4. The maximum atomic E-state index is 3.87. The number of hydrogen-bond donors (Lipinski definition) is 0. The van der Waals surface area contributed by atoms with Gasteiger partial charge in [0.15, 0.2) is 0 Å². The lowest BCUT2D eigenvalue weighted by molar-refractivity contribution is 0.272. The molecule has 0 aliphatic rings. The van der Waals surface area contributed by atoms with Gasteiger partial charge in [-0.3, -0.25) is 4.90 Å². The molecule has 1 unspecified atom stereocenters. The van der Waals surface area contributed by atoms with Crippen molar-refractivity contribution in [1.29, 1.82) is 0 Å². The lowest BCUT2D eigenvalue weighted by Gasteiger charge is -2.23. The molecule has 0 aromatic heterocycles. The normalized spacial score (nSPS) is 13.7. The van der Waals surface area contributed by atoms with E-state index in [4.69, 9.17) is 0 Å². The van der Waals surface area contributed by atoms with Gasteiger partial charge in [-0.05, 0) is 27.3 Å². The molecule has 0 aliphatic heterocycles. The molecule has 10 heavy (non-hydrogen) atoms. The molecule has 0 aromatic rings. The molecule has 1 heteroatoms. The van der Waals surface area contributed by atoms with Crippen LogP contribution in [-0.4, -0.2) is 24.5 Å². The molecule has 0 saturated heterocycles. The Bertz CT molecular complexity index is 107. The summed E-state index contributed by atoms with van der Waals surface area (Å²) in [5, 5.41) is 0. The average Bonchev–Trinajstić information content (AvgIpc) is 1.85. The highest BCUT2D eigenvalue weighted by Gasteiger charge is 2.04. The molecule has 0 fully saturated rings. The summed E-state index contributed by atoms with van der Waals surface area (Å²) in [5.41, 5.74) is 1.24. The SMILES string of the molecule is C=C(C)CN(C)C(C)CC. The van der Waals surface area contributed by atoms with Crippen molar-refractivity contribution < 1.29 is 0 Å². The fraction of sp³-hybridized carbons (Fsp3) is 0.778. The second-order valence-corrected chi connectivity index (χ2v) is 3.13. The lowest BCUT2D eigenvalue weighted by Crippen LogP contribution is -2.29. The topological polar surface area (TPSA) is 3.24 Å². The monoisotopic (exact) mass is 141 g/mol. The number of likely N-dealkylation sites (N-methyl/N-ethyl adjacent to an activating group) is 1. The van der Waals surface area contributed by atoms with Gasteiger partial charge >= 0.3 is 0 Å². The first-order valence-electron chi connectivity index (χ1n) is 3.92. The first kappa shape index (κ1) is 9.70. The van der Waals surface area contributed by atoms with E-state index in [2.05, 4.69) is 39.3 Å². The quantitative estimate of drug-likeness (QED) is 0.543. The summed E-state index contributed by atoms with van der Waals surface area (Å²) in [5.74, 6) is 0. The van der Waals surface area contributed by atoms with E-state index in [0.717, 1.165) is 6.54 Å². The summed E-state index contributed by atoms with van der Waals surface area (Å²) in [6, 6.07) is 0.677. The van der Waals surface area contributed by atoms with E-state index in [1.807, 2.05) is 0 Å². The third-order valence-corrected chi connectivity index (χ3v) is 1.86. The second-order valence-electron chi connectivity index (χ2n) is 3.13. The van der Waals surface area contributed by atoms with Crippen molar-refractivity contribution in [3.8, 4) is 0 Å². The summed E-state index contributed by atoms with van der Waals surface area (Å²) < 4.78 is 0. The number of rotatable bonds is 4. The molecule has 0 aromatic carbocycles. The predicted molar refractivity (Wildman–Crippen MR) is 47.2 cm³/mol. The molecule has 0 heterocycles. The smallest absolute Gasteiger partial charge is 0.0187 e. The van der Waals surface area contributed by atoms with Gasteiger partial charge in [0, 0.05) is 12.6 Å². The Morgan fingerprint density at radius 3 is 2.40 bits per heavy atom. The Hall–Kier alpha value is -0.300. The largest absolute Gasteiger partial charge is 0.300 e. The van der Waals surface area contributed by atoms with Crippen molar-refractivity contribution in [3.05, 3.63) is 12.2 Å². The molecule has 0 aliphatic carbocycles. The van der Waals surface area contributed by atoms with Crippen LogP contribution in [0.15, 0.2) is 12.2 Å². The van der Waals surface area contributed by atoms with E-state index in [-0.39, 0.29) is 0 Å². The van der Waals surface area contributed by atoms with Gasteiger partial charge in [-0.15, -0.1) is 0 Å². The van der Waals surface area contributed by atoms with E-state index in [1.54, 1.807) is 0 Å². The minimum absolute atomic E-state index is 0.677. The van der Waals surface area contributed by atoms with E-state index in [9.17, 15) is 0 Å². The van der Waals surface area contributed by atoms with Gasteiger partial charge in [0.05, 0.1) is 0 Å². The molecule has 0 bridgehead atoms. The molecule has 60 valence electrons. The van der Waals surface area contributed by atoms with Gasteiger partial charge in [-0.25, -0.2) is 0 Å². The minimum Gasteiger partial charge on any atom is -0.300 e. The van der Waals surface area contributed by atoms with Crippen LogP contribution in [0.4, 0.5) is 0 Å². The van der Waals surface area contributed by atoms with Crippen LogP contribution in [0.2, 0.25) is 0 Å². The Morgan fingerprint density at radius 1 is 1.60 bits per heavy atom. The van der Waals surface area contributed by atoms with Gasteiger partial charge in [0.2, 0.25) is 0 Å². The Kier molecular flexibility index (Phi) is 4.37. The van der Waals surface area contributed by atoms with Crippen molar-refractivity contribution >= 4 is 0 Å². The van der Waals surface area contributed by atoms with E-state index in [1.165, 1.54) is 12.0 Å². The highest BCUT2D eigenvalue weighted by atomic mass is 15.1. The van der Waals surface area contributed by atoms with Gasteiger partial charge in [-0.2, -0.15) is 0 Å². The fourth-order valence-corrected chi connectivity index (χ4v) is 0.893. The number of nitrogens with zero attached hydrogens (tertiary/aromatic N) is 1. The highest BCUT2D eigenvalue weighted by molar-refractivity contribution is 4.91. The summed E-state index contributed by atoms with van der Waals surface area (Å²) in [6.07, 6.45) is 1.21. The molecule has 0 rings (SSSR count). The van der Waals surface area contributed by atoms with Crippen molar-refractivity contribution in [2.75, 3.05) is 13.6 Å². The molecule has 0 radical (unpaired) electrons. The first-order chi connectivity index (χ1) is 4.57. The van der Waals surface area contributed by atoms with Crippen molar-refractivity contribution in [2.45, 2.75) is 33.2 Å². The highest BCUT2D eigenvalue weighted by Crippen LogP contribution is 2.01. The standard InChI is InChI=1S/C9H19N/c1-6-9(4)10(5)7-8(2)3/h9H,2,6-7H2,1,3-5H3. The third kappa shape index (κ3) is 3.67.